The molecule has 6 heteroatoms. The molecule has 130 valence electrons. The molecule has 4 nitrogen and oxygen atoms in total. The minimum atomic E-state index is 0.206. The second kappa shape index (κ2) is 7.23. The highest BCUT2D eigenvalue weighted by Gasteiger charge is 2.33. The van der Waals surface area contributed by atoms with Crippen LogP contribution < -0.4 is 4.90 Å². The van der Waals surface area contributed by atoms with Gasteiger partial charge < -0.3 is 9.80 Å². The van der Waals surface area contributed by atoms with Gasteiger partial charge in [0.25, 0.3) is 5.91 Å². The number of thiazole rings is 1. The zero-order valence-corrected chi connectivity index (χ0v) is 15.9. The number of hydrogen-bond acceptors (Lipinski definition) is 4. The maximum absolute atomic E-state index is 12.7. The van der Waals surface area contributed by atoms with E-state index in [9.17, 15) is 4.79 Å². The number of benzene rings is 1. The average Bonchev–Trinajstić information content (AvgIpc) is 3.34. The summed E-state index contributed by atoms with van der Waals surface area (Å²) in [6.07, 6.45) is 2.39. The molecule has 0 spiro atoms. The van der Waals surface area contributed by atoms with Crippen LogP contribution in [0.4, 0.5) is 0 Å². The molecule has 1 unspecified atom stereocenters. The first-order valence-electron chi connectivity index (χ1n) is 8.67. The van der Waals surface area contributed by atoms with Crippen molar-refractivity contribution in [3.63, 3.8) is 0 Å². The van der Waals surface area contributed by atoms with Crippen LogP contribution in [0.15, 0.2) is 41.8 Å². The van der Waals surface area contributed by atoms with Gasteiger partial charge in [0, 0.05) is 19.9 Å². The molecule has 1 aliphatic rings. The fourth-order valence-corrected chi connectivity index (χ4v) is 5.51. The van der Waals surface area contributed by atoms with Crippen LogP contribution in [0.25, 0.3) is 10.2 Å². The molecule has 1 aliphatic heterocycles. The van der Waals surface area contributed by atoms with E-state index in [1.807, 2.05) is 41.5 Å². The SMILES string of the molecule is CN(Cc1nc2ccccc2s1)C(=O)C[NH+]1CCC[C@H]1c1cccs1. The summed E-state index contributed by atoms with van der Waals surface area (Å²) >= 11 is 3.48. The Kier molecular flexibility index (Phi) is 4.83. The van der Waals surface area contributed by atoms with Gasteiger partial charge >= 0.3 is 0 Å². The predicted molar refractivity (Wildman–Crippen MR) is 103 cm³/mol. The van der Waals surface area contributed by atoms with E-state index >= 15 is 0 Å². The van der Waals surface area contributed by atoms with Crippen LogP contribution in [0.1, 0.15) is 28.8 Å². The number of rotatable bonds is 5. The Morgan fingerprint density at radius 1 is 1.32 bits per heavy atom. The number of nitrogens with one attached hydrogen (secondary N) is 1. The molecule has 0 radical (unpaired) electrons. The van der Waals surface area contributed by atoms with Crippen molar-refractivity contribution in [1.29, 1.82) is 0 Å². The number of fused-ring (bicyclic) bond motifs is 1. The number of quaternary nitrogens is 1. The van der Waals surface area contributed by atoms with Crippen LogP contribution in [0, 0.1) is 0 Å². The fraction of sp³-hybridized carbons (Fsp3) is 0.368. The van der Waals surface area contributed by atoms with Crippen molar-refractivity contribution in [2.45, 2.75) is 25.4 Å². The normalized spacial score (nSPS) is 20.2. The van der Waals surface area contributed by atoms with Crippen molar-refractivity contribution in [3.05, 3.63) is 51.7 Å². The van der Waals surface area contributed by atoms with E-state index in [-0.39, 0.29) is 5.91 Å². The van der Waals surface area contributed by atoms with Crippen molar-refractivity contribution in [1.82, 2.24) is 9.88 Å². The Morgan fingerprint density at radius 2 is 2.20 bits per heavy atom. The summed E-state index contributed by atoms with van der Waals surface area (Å²) in [6, 6.07) is 12.9. The third-order valence-corrected chi connectivity index (χ3v) is 6.89. The minimum Gasteiger partial charge on any atom is -0.334 e. The molecule has 1 aromatic carbocycles. The standard InChI is InChI=1S/C19H21N3OS2/c1-21(12-18-20-14-6-2-3-8-16(14)25-18)19(23)13-22-10-4-7-15(22)17-9-5-11-24-17/h2-3,5-6,8-9,11,15H,4,7,10,12-13H2,1H3/p+1/t15-/m0/s1. The molecular formula is C19H22N3OS2+. The molecule has 1 fully saturated rings. The number of amides is 1. The summed E-state index contributed by atoms with van der Waals surface area (Å²) in [4.78, 5) is 22.0. The Balaban J connectivity index is 1.40. The van der Waals surface area contributed by atoms with E-state index in [2.05, 4.69) is 28.6 Å². The molecule has 0 aliphatic carbocycles. The van der Waals surface area contributed by atoms with Crippen LogP contribution in [0.3, 0.4) is 0 Å². The zero-order chi connectivity index (χ0) is 17.2. The van der Waals surface area contributed by atoms with Gasteiger partial charge in [-0.15, -0.1) is 22.7 Å². The van der Waals surface area contributed by atoms with Gasteiger partial charge in [0.05, 0.1) is 28.2 Å². The predicted octanol–water partition coefficient (Wildman–Crippen LogP) is 2.74. The van der Waals surface area contributed by atoms with Crippen molar-refractivity contribution in [2.24, 2.45) is 0 Å². The maximum Gasteiger partial charge on any atom is 0.277 e. The fourth-order valence-electron chi connectivity index (χ4n) is 3.56. The molecule has 3 aromatic rings. The van der Waals surface area contributed by atoms with Gasteiger partial charge in [-0.2, -0.15) is 0 Å². The smallest absolute Gasteiger partial charge is 0.277 e. The Hall–Kier alpha value is -1.76. The summed E-state index contributed by atoms with van der Waals surface area (Å²) in [7, 11) is 1.89. The lowest BCUT2D eigenvalue weighted by Crippen LogP contribution is -3.11. The van der Waals surface area contributed by atoms with Gasteiger partial charge in [0.1, 0.15) is 11.0 Å². The summed E-state index contributed by atoms with van der Waals surface area (Å²) in [5.41, 5.74) is 1.02. The lowest BCUT2D eigenvalue weighted by atomic mass is 10.2. The Bertz CT molecular complexity index is 826. The van der Waals surface area contributed by atoms with E-state index in [1.165, 1.54) is 27.3 Å². The summed E-state index contributed by atoms with van der Waals surface area (Å²) in [5, 5.41) is 3.13. The number of para-hydroxylation sites is 1. The summed E-state index contributed by atoms with van der Waals surface area (Å²) in [6.45, 7) is 2.25. The molecule has 0 bridgehead atoms. The second-order valence-corrected chi connectivity index (χ2v) is 8.71. The van der Waals surface area contributed by atoms with Gasteiger partial charge in [-0.1, -0.05) is 18.2 Å². The van der Waals surface area contributed by atoms with Crippen LogP contribution in [-0.4, -0.2) is 35.9 Å². The largest absolute Gasteiger partial charge is 0.334 e. The van der Waals surface area contributed by atoms with Crippen LogP contribution >= 0.6 is 22.7 Å². The number of nitrogens with zero attached hydrogens (tertiary/aromatic N) is 2. The summed E-state index contributed by atoms with van der Waals surface area (Å²) < 4.78 is 1.18. The molecular weight excluding hydrogens is 350 g/mol. The van der Waals surface area contributed by atoms with Gasteiger partial charge in [0.15, 0.2) is 6.54 Å². The quantitative estimate of drug-likeness (QED) is 0.748. The van der Waals surface area contributed by atoms with E-state index in [4.69, 9.17) is 0 Å². The minimum absolute atomic E-state index is 0.206. The van der Waals surface area contributed by atoms with Crippen molar-refractivity contribution in [2.75, 3.05) is 20.1 Å². The third kappa shape index (κ3) is 3.61. The first-order valence-corrected chi connectivity index (χ1v) is 10.4. The van der Waals surface area contributed by atoms with Gasteiger partial charge in [-0.25, -0.2) is 4.98 Å². The number of hydrogen-bond donors (Lipinski definition) is 1. The number of carbonyl (C=O) groups excluding carboxylic acids is 1. The highest BCUT2D eigenvalue weighted by Crippen LogP contribution is 2.24. The molecule has 3 heterocycles. The average molecular weight is 373 g/mol. The summed E-state index contributed by atoms with van der Waals surface area (Å²) in [5.74, 6) is 0.206. The molecule has 1 saturated heterocycles. The van der Waals surface area contributed by atoms with Crippen molar-refractivity contribution >= 4 is 38.8 Å². The molecule has 1 N–H and O–H groups in total. The van der Waals surface area contributed by atoms with Crippen LogP contribution in [-0.2, 0) is 11.3 Å². The number of thiophene rings is 1. The zero-order valence-electron chi connectivity index (χ0n) is 14.3. The maximum atomic E-state index is 12.7. The number of likely N-dealkylation sites (N-methyl/N-ethyl adjacent to an activating group) is 1. The van der Waals surface area contributed by atoms with Crippen LogP contribution in [0.5, 0.6) is 0 Å². The van der Waals surface area contributed by atoms with E-state index in [0.717, 1.165) is 17.1 Å². The van der Waals surface area contributed by atoms with E-state index in [1.54, 1.807) is 11.3 Å². The highest BCUT2D eigenvalue weighted by atomic mass is 32.1. The van der Waals surface area contributed by atoms with Gasteiger partial charge in [-0.3, -0.25) is 4.79 Å². The molecule has 25 heavy (non-hydrogen) atoms. The molecule has 1 amide bonds. The molecule has 2 aromatic heterocycles. The topological polar surface area (TPSA) is 37.6 Å². The number of aromatic nitrogens is 1. The number of likely N-dealkylation sites (tertiary alicyclic amines) is 1. The highest BCUT2D eigenvalue weighted by molar-refractivity contribution is 7.18. The lowest BCUT2D eigenvalue weighted by molar-refractivity contribution is -0.910. The Morgan fingerprint density at radius 3 is 3.00 bits per heavy atom. The van der Waals surface area contributed by atoms with E-state index in [0.29, 0.717) is 19.1 Å². The van der Waals surface area contributed by atoms with Gasteiger partial charge in [-0.05, 0) is 23.6 Å². The first-order chi connectivity index (χ1) is 12.2. The van der Waals surface area contributed by atoms with Crippen molar-refractivity contribution in [3.8, 4) is 0 Å². The molecule has 4 rings (SSSR count). The van der Waals surface area contributed by atoms with E-state index < -0.39 is 0 Å². The van der Waals surface area contributed by atoms with Crippen molar-refractivity contribution < 1.29 is 9.69 Å². The second-order valence-electron chi connectivity index (χ2n) is 6.62. The Labute approximate surface area is 155 Å². The molecule has 0 saturated carbocycles. The monoisotopic (exact) mass is 372 g/mol. The third-order valence-electron chi connectivity index (χ3n) is 4.88. The van der Waals surface area contributed by atoms with Crippen LogP contribution in [0.2, 0.25) is 0 Å². The van der Waals surface area contributed by atoms with Gasteiger partial charge in [0.2, 0.25) is 0 Å². The number of carbonyl (C=O) groups is 1. The molecule has 2 atom stereocenters. The first kappa shape index (κ1) is 16.7. The lowest BCUT2D eigenvalue weighted by Gasteiger charge is -2.23.